The van der Waals surface area contributed by atoms with Gasteiger partial charge in [-0.25, -0.2) is 4.79 Å². The fourth-order valence-corrected chi connectivity index (χ4v) is 5.12. The van der Waals surface area contributed by atoms with Crippen molar-refractivity contribution in [3.8, 4) is 11.8 Å². The van der Waals surface area contributed by atoms with Crippen LogP contribution < -0.4 is 9.64 Å². The van der Waals surface area contributed by atoms with Crippen molar-refractivity contribution in [2.24, 2.45) is 0 Å². The maximum atomic E-state index is 13.2. The van der Waals surface area contributed by atoms with Crippen molar-refractivity contribution >= 4 is 17.4 Å². The third-order valence-electron chi connectivity index (χ3n) is 7.50. The van der Waals surface area contributed by atoms with E-state index in [-0.39, 0.29) is 17.2 Å². The summed E-state index contributed by atoms with van der Waals surface area (Å²) in [4.78, 5) is 27.7. The van der Waals surface area contributed by atoms with E-state index in [9.17, 15) is 9.59 Å². The highest BCUT2D eigenvalue weighted by atomic mass is 16.6. The second-order valence-corrected chi connectivity index (χ2v) is 10.8. The Morgan fingerprint density at radius 2 is 1.68 bits per heavy atom. The number of ether oxygens (including phenoxy) is 3. The first kappa shape index (κ1) is 29.8. The molecule has 7 nitrogen and oxygen atoms in total. The van der Waals surface area contributed by atoms with Crippen molar-refractivity contribution in [3.63, 3.8) is 0 Å². The molecule has 0 N–H and O–H groups in total. The summed E-state index contributed by atoms with van der Waals surface area (Å²) in [7, 11) is 0. The molecule has 0 saturated heterocycles. The van der Waals surface area contributed by atoms with Gasteiger partial charge in [-0.05, 0) is 91.4 Å². The smallest absolute Gasteiger partial charge is 0.335 e. The minimum absolute atomic E-state index is 0.0492. The van der Waals surface area contributed by atoms with Crippen LogP contribution in [0.3, 0.4) is 0 Å². The van der Waals surface area contributed by atoms with E-state index >= 15 is 0 Å². The SMILES string of the molecule is CCOC(=O)[C@H](Cc1ccc(OCCN2CCC(C)(C)c3cc(C(=O)c4ccc(C#N)cc4)ccc32)cc1)OCC. The largest absolute Gasteiger partial charge is 0.492 e. The number of nitriles is 1. The molecule has 0 bridgehead atoms. The summed E-state index contributed by atoms with van der Waals surface area (Å²) in [5, 5.41) is 9.05. The van der Waals surface area contributed by atoms with E-state index in [4.69, 9.17) is 19.5 Å². The van der Waals surface area contributed by atoms with Crippen LogP contribution in [-0.4, -0.2) is 50.8 Å². The fourth-order valence-electron chi connectivity index (χ4n) is 5.12. The van der Waals surface area contributed by atoms with Gasteiger partial charge in [0.15, 0.2) is 11.9 Å². The zero-order valence-electron chi connectivity index (χ0n) is 24.3. The van der Waals surface area contributed by atoms with Gasteiger partial charge >= 0.3 is 5.97 Å². The highest BCUT2D eigenvalue weighted by molar-refractivity contribution is 6.09. The lowest BCUT2D eigenvalue weighted by atomic mass is 9.76. The van der Waals surface area contributed by atoms with Gasteiger partial charge in [0.25, 0.3) is 0 Å². The number of ketones is 1. The van der Waals surface area contributed by atoms with Crippen LogP contribution in [0.2, 0.25) is 0 Å². The van der Waals surface area contributed by atoms with E-state index < -0.39 is 6.10 Å². The van der Waals surface area contributed by atoms with Gasteiger partial charge in [0, 0.05) is 36.4 Å². The molecule has 0 fully saturated rings. The molecule has 4 rings (SSSR count). The van der Waals surface area contributed by atoms with Crippen LogP contribution in [0.1, 0.15) is 66.7 Å². The monoisotopic (exact) mass is 554 g/mol. The van der Waals surface area contributed by atoms with Crippen LogP contribution in [0.25, 0.3) is 0 Å². The maximum absolute atomic E-state index is 13.2. The normalized spacial score (nSPS) is 14.5. The number of hydrogen-bond donors (Lipinski definition) is 0. The number of esters is 1. The number of carbonyl (C=O) groups is 2. The Balaban J connectivity index is 1.39. The molecular formula is C34H38N2O5. The fraction of sp³-hybridized carbons (Fsp3) is 0.382. The lowest BCUT2D eigenvalue weighted by Gasteiger charge is -2.40. The van der Waals surface area contributed by atoms with Gasteiger partial charge in [0.2, 0.25) is 0 Å². The quantitative estimate of drug-likeness (QED) is 0.204. The average Bonchev–Trinajstić information content (AvgIpc) is 2.98. The molecule has 7 heteroatoms. The van der Waals surface area contributed by atoms with Crippen molar-refractivity contribution in [1.29, 1.82) is 5.26 Å². The third-order valence-corrected chi connectivity index (χ3v) is 7.50. The van der Waals surface area contributed by atoms with Gasteiger partial charge in [-0.1, -0.05) is 26.0 Å². The van der Waals surface area contributed by atoms with Crippen molar-refractivity contribution in [2.75, 3.05) is 37.8 Å². The van der Waals surface area contributed by atoms with E-state index in [1.165, 1.54) is 0 Å². The summed E-state index contributed by atoms with van der Waals surface area (Å²) >= 11 is 0. The van der Waals surface area contributed by atoms with Gasteiger partial charge < -0.3 is 19.1 Å². The number of rotatable bonds is 12. The number of anilines is 1. The summed E-state index contributed by atoms with van der Waals surface area (Å²) in [5.41, 5.74) is 4.94. The van der Waals surface area contributed by atoms with Crippen LogP contribution in [-0.2, 0) is 26.1 Å². The summed E-state index contributed by atoms with van der Waals surface area (Å²) in [6.45, 7) is 11.0. The van der Waals surface area contributed by atoms with E-state index in [0.717, 1.165) is 35.5 Å². The minimum atomic E-state index is -0.616. The van der Waals surface area contributed by atoms with Gasteiger partial charge in [-0.2, -0.15) is 5.26 Å². The molecule has 0 spiro atoms. The Bertz CT molecular complexity index is 1390. The van der Waals surface area contributed by atoms with Crippen molar-refractivity contribution in [3.05, 3.63) is 94.5 Å². The van der Waals surface area contributed by atoms with E-state index in [1.54, 1.807) is 31.2 Å². The molecule has 0 radical (unpaired) electrons. The number of benzene rings is 3. The van der Waals surface area contributed by atoms with Gasteiger partial charge in [-0.15, -0.1) is 0 Å². The molecule has 214 valence electrons. The Kier molecular flexibility index (Phi) is 9.80. The van der Waals surface area contributed by atoms with Gasteiger partial charge in [-0.3, -0.25) is 4.79 Å². The Hall–Kier alpha value is -4.15. The molecule has 0 unspecified atom stereocenters. The first-order valence-corrected chi connectivity index (χ1v) is 14.2. The number of nitrogens with zero attached hydrogens (tertiary/aromatic N) is 2. The van der Waals surface area contributed by atoms with Gasteiger partial charge in [0.1, 0.15) is 12.4 Å². The Morgan fingerprint density at radius 1 is 0.976 bits per heavy atom. The van der Waals surface area contributed by atoms with E-state index in [2.05, 4.69) is 24.8 Å². The zero-order chi connectivity index (χ0) is 29.4. The zero-order valence-corrected chi connectivity index (χ0v) is 24.3. The standard InChI is InChI=1S/C34H38N2O5/c1-5-39-31(33(38)40-6-2)21-24-9-14-28(15-10-24)41-20-19-36-18-17-34(3,4)29-22-27(13-16-30(29)36)32(37)26-11-7-25(23-35)8-12-26/h7-16,22,31H,5-6,17-21H2,1-4H3/t31-/m0/s1. The lowest BCUT2D eigenvalue weighted by Crippen LogP contribution is -2.39. The highest BCUT2D eigenvalue weighted by Gasteiger charge is 2.32. The molecule has 0 aromatic heterocycles. The molecule has 3 aromatic carbocycles. The first-order chi connectivity index (χ1) is 19.7. The van der Waals surface area contributed by atoms with Crippen LogP contribution in [0.15, 0.2) is 66.7 Å². The summed E-state index contributed by atoms with van der Waals surface area (Å²) in [5.74, 6) is 0.371. The van der Waals surface area contributed by atoms with Gasteiger partial charge in [0.05, 0.1) is 24.8 Å². The number of fused-ring (bicyclic) bond motifs is 1. The predicted molar refractivity (Wildman–Crippen MR) is 159 cm³/mol. The molecule has 1 heterocycles. The van der Waals surface area contributed by atoms with Crippen LogP contribution in [0.4, 0.5) is 5.69 Å². The molecule has 1 aliphatic rings. The Morgan fingerprint density at radius 3 is 2.34 bits per heavy atom. The molecule has 0 saturated carbocycles. The molecule has 3 aromatic rings. The molecule has 41 heavy (non-hydrogen) atoms. The van der Waals surface area contributed by atoms with Crippen LogP contribution in [0.5, 0.6) is 5.75 Å². The van der Waals surface area contributed by atoms with Crippen LogP contribution >= 0.6 is 0 Å². The molecule has 0 amide bonds. The van der Waals surface area contributed by atoms with Crippen molar-refractivity contribution in [1.82, 2.24) is 0 Å². The molecule has 1 atom stereocenters. The topological polar surface area (TPSA) is 88.9 Å². The summed E-state index contributed by atoms with van der Waals surface area (Å²) in [6.07, 6.45) is 0.795. The number of hydrogen-bond acceptors (Lipinski definition) is 7. The van der Waals surface area contributed by atoms with E-state index in [1.807, 2.05) is 49.4 Å². The minimum Gasteiger partial charge on any atom is -0.492 e. The van der Waals surface area contributed by atoms with E-state index in [0.29, 0.717) is 49.5 Å². The first-order valence-electron chi connectivity index (χ1n) is 14.2. The average molecular weight is 555 g/mol. The second kappa shape index (κ2) is 13.5. The molecular weight excluding hydrogens is 516 g/mol. The maximum Gasteiger partial charge on any atom is 0.335 e. The molecule has 0 aliphatic carbocycles. The van der Waals surface area contributed by atoms with Crippen molar-refractivity contribution < 1.29 is 23.8 Å². The Labute approximate surface area is 242 Å². The third kappa shape index (κ3) is 7.33. The summed E-state index contributed by atoms with van der Waals surface area (Å²) < 4.78 is 16.8. The second-order valence-electron chi connectivity index (χ2n) is 10.8. The highest BCUT2D eigenvalue weighted by Crippen LogP contribution is 2.40. The summed E-state index contributed by atoms with van der Waals surface area (Å²) in [6, 6.07) is 22.5. The number of carbonyl (C=O) groups excluding carboxylic acids is 2. The van der Waals surface area contributed by atoms with Crippen LogP contribution in [0, 0.1) is 11.3 Å². The predicted octanol–water partition coefficient (Wildman–Crippen LogP) is 5.87. The lowest BCUT2D eigenvalue weighted by molar-refractivity contribution is -0.156. The molecule has 1 aliphatic heterocycles. The van der Waals surface area contributed by atoms with Crippen molar-refractivity contribution in [2.45, 2.75) is 52.1 Å².